The molecular weight excluding hydrogens is 328 g/mol. The maximum absolute atomic E-state index is 9.92. The van der Waals surface area contributed by atoms with E-state index < -0.39 is 0 Å². The monoisotopic (exact) mass is 344 g/mol. The summed E-state index contributed by atoms with van der Waals surface area (Å²) in [6.07, 6.45) is 0. The molecule has 0 fully saturated rings. The van der Waals surface area contributed by atoms with E-state index in [4.69, 9.17) is 0 Å². The molecule has 0 spiro atoms. The molecule has 0 atom stereocenters. The third-order valence-electron chi connectivity index (χ3n) is 3.93. The van der Waals surface area contributed by atoms with Crippen LogP contribution in [0.1, 0.15) is 0 Å². The SMILES string of the molecule is Oc1cccc2ccc(NSc3ccc(-c4ccccc4)cc3)nc12. The van der Waals surface area contributed by atoms with E-state index in [1.807, 2.05) is 42.5 Å². The zero-order chi connectivity index (χ0) is 17.1. The fourth-order valence-electron chi connectivity index (χ4n) is 2.65. The van der Waals surface area contributed by atoms with Crippen LogP contribution in [0.5, 0.6) is 5.75 Å². The molecule has 0 saturated carbocycles. The second-order valence-electron chi connectivity index (χ2n) is 5.64. The van der Waals surface area contributed by atoms with E-state index in [-0.39, 0.29) is 5.75 Å². The molecule has 4 aromatic rings. The van der Waals surface area contributed by atoms with Crippen LogP contribution >= 0.6 is 11.9 Å². The number of pyridine rings is 1. The lowest BCUT2D eigenvalue weighted by Crippen LogP contribution is -1.91. The number of aromatic nitrogens is 1. The number of benzene rings is 3. The van der Waals surface area contributed by atoms with E-state index in [9.17, 15) is 5.11 Å². The number of aromatic hydroxyl groups is 1. The summed E-state index contributed by atoms with van der Waals surface area (Å²) >= 11 is 1.50. The second kappa shape index (κ2) is 6.87. The van der Waals surface area contributed by atoms with E-state index >= 15 is 0 Å². The summed E-state index contributed by atoms with van der Waals surface area (Å²) < 4.78 is 3.23. The Kier molecular flexibility index (Phi) is 4.27. The Hall–Kier alpha value is -2.98. The van der Waals surface area contributed by atoms with Crippen LogP contribution in [0.2, 0.25) is 0 Å². The average Bonchev–Trinajstić information content (AvgIpc) is 2.68. The summed E-state index contributed by atoms with van der Waals surface area (Å²) in [5.74, 6) is 0.907. The minimum Gasteiger partial charge on any atom is -0.506 e. The van der Waals surface area contributed by atoms with Gasteiger partial charge in [-0.05, 0) is 53.4 Å². The van der Waals surface area contributed by atoms with Gasteiger partial charge < -0.3 is 9.83 Å². The Morgan fingerprint density at radius 3 is 2.28 bits per heavy atom. The molecule has 0 amide bonds. The molecule has 0 saturated heterocycles. The van der Waals surface area contributed by atoms with Crippen LogP contribution in [-0.2, 0) is 0 Å². The molecule has 0 unspecified atom stereocenters. The number of phenolic OH excluding ortho intramolecular Hbond substituents is 1. The van der Waals surface area contributed by atoms with Gasteiger partial charge in [0.1, 0.15) is 17.1 Å². The van der Waals surface area contributed by atoms with Gasteiger partial charge >= 0.3 is 0 Å². The minimum atomic E-state index is 0.193. The number of anilines is 1. The van der Waals surface area contributed by atoms with Gasteiger partial charge in [0.25, 0.3) is 0 Å². The predicted octanol–water partition coefficient (Wildman–Crippen LogP) is 5.73. The standard InChI is InChI=1S/C21H16N2OS/c24-19-8-4-7-17-11-14-20(22-21(17)19)23-25-18-12-9-16(10-13-18)15-5-2-1-3-6-15/h1-14,24H,(H,22,23). The van der Waals surface area contributed by atoms with Crippen molar-refractivity contribution in [3.63, 3.8) is 0 Å². The molecule has 4 rings (SSSR count). The number of phenols is 1. The Bertz CT molecular complexity index is 1000. The highest BCUT2D eigenvalue weighted by Crippen LogP contribution is 2.27. The van der Waals surface area contributed by atoms with Crippen molar-refractivity contribution in [2.24, 2.45) is 0 Å². The summed E-state index contributed by atoms with van der Waals surface area (Å²) in [7, 11) is 0. The van der Waals surface area contributed by atoms with Gasteiger partial charge in [-0.15, -0.1) is 0 Å². The van der Waals surface area contributed by atoms with Crippen LogP contribution in [0.15, 0.2) is 89.8 Å². The lowest BCUT2D eigenvalue weighted by Gasteiger charge is -2.07. The minimum absolute atomic E-state index is 0.193. The Balaban J connectivity index is 1.49. The molecule has 3 nitrogen and oxygen atoms in total. The fraction of sp³-hybridized carbons (Fsp3) is 0. The summed E-state index contributed by atoms with van der Waals surface area (Å²) in [4.78, 5) is 5.57. The van der Waals surface area contributed by atoms with Gasteiger partial charge in [0.15, 0.2) is 0 Å². The number of nitrogens with zero attached hydrogens (tertiary/aromatic N) is 1. The normalized spacial score (nSPS) is 10.7. The Morgan fingerprint density at radius 1 is 0.720 bits per heavy atom. The van der Waals surface area contributed by atoms with Gasteiger partial charge in [-0.3, -0.25) is 0 Å². The Morgan fingerprint density at radius 2 is 1.48 bits per heavy atom. The number of fused-ring (bicyclic) bond motifs is 1. The predicted molar refractivity (Wildman–Crippen MR) is 105 cm³/mol. The first kappa shape index (κ1) is 15.5. The van der Waals surface area contributed by atoms with Crippen LogP contribution in [0.25, 0.3) is 22.0 Å². The first-order valence-electron chi connectivity index (χ1n) is 7.97. The molecule has 0 radical (unpaired) electrons. The van der Waals surface area contributed by atoms with Gasteiger partial charge in [-0.1, -0.05) is 54.6 Å². The van der Waals surface area contributed by atoms with Gasteiger partial charge in [0, 0.05) is 10.3 Å². The maximum atomic E-state index is 9.92. The number of hydrogen-bond acceptors (Lipinski definition) is 4. The van der Waals surface area contributed by atoms with Crippen molar-refractivity contribution in [3.05, 3.63) is 84.9 Å². The molecule has 0 bridgehead atoms. The van der Waals surface area contributed by atoms with Gasteiger partial charge in [0.05, 0.1) is 0 Å². The number of nitrogens with one attached hydrogen (secondary N) is 1. The van der Waals surface area contributed by atoms with E-state index in [1.165, 1.54) is 23.1 Å². The van der Waals surface area contributed by atoms with Crippen LogP contribution in [0.3, 0.4) is 0 Å². The number of para-hydroxylation sites is 1. The van der Waals surface area contributed by atoms with Gasteiger partial charge in [-0.2, -0.15) is 0 Å². The van der Waals surface area contributed by atoms with Crippen LogP contribution in [0, 0.1) is 0 Å². The van der Waals surface area contributed by atoms with Gasteiger partial charge in [-0.25, -0.2) is 4.98 Å². The topological polar surface area (TPSA) is 45.1 Å². The number of rotatable bonds is 4. The van der Waals surface area contributed by atoms with Crippen LogP contribution in [-0.4, -0.2) is 10.1 Å². The van der Waals surface area contributed by atoms with Crippen LogP contribution in [0.4, 0.5) is 5.82 Å². The molecule has 0 aliphatic heterocycles. The van der Waals surface area contributed by atoms with Crippen molar-refractivity contribution in [1.82, 2.24) is 4.98 Å². The summed E-state index contributed by atoms with van der Waals surface area (Å²) in [5, 5.41) is 10.8. The van der Waals surface area contributed by atoms with Crippen molar-refractivity contribution in [2.45, 2.75) is 4.90 Å². The lowest BCUT2D eigenvalue weighted by molar-refractivity contribution is 0.480. The van der Waals surface area contributed by atoms with Crippen LogP contribution < -0.4 is 4.72 Å². The highest BCUT2D eigenvalue weighted by Gasteiger charge is 2.03. The Labute approximate surface area is 150 Å². The zero-order valence-electron chi connectivity index (χ0n) is 13.4. The third kappa shape index (κ3) is 3.44. The average molecular weight is 344 g/mol. The molecule has 25 heavy (non-hydrogen) atoms. The van der Waals surface area contributed by atoms with E-state index in [2.05, 4.69) is 46.1 Å². The molecule has 3 aromatic carbocycles. The molecule has 0 aliphatic rings. The second-order valence-corrected chi connectivity index (χ2v) is 6.52. The van der Waals surface area contributed by atoms with Crippen molar-refractivity contribution >= 4 is 28.7 Å². The first-order chi connectivity index (χ1) is 12.3. The summed E-state index contributed by atoms with van der Waals surface area (Å²) in [5.41, 5.74) is 3.00. The molecule has 122 valence electrons. The fourth-order valence-corrected chi connectivity index (χ4v) is 3.25. The van der Waals surface area contributed by atoms with Gasteiger partial charge in [0.2, 0.25) is 0 Å². The summed E-state index contributed by atoms with van der Waals surface area (Å²) in [6, 6.07) is 27.9. The molecule has 4 heteroatoms. The highest BCUT2D eigenvalue weighted by atomic mass is 32.2. The van der Waals surface area contributed by atoms with Crippen molar-refractivity contribution in [1.29, 1.82) is 0 Å². The van der Waals surface area contributed by atoms with E-state index in [0.29, 0.717) is 11.3 Å². The molecular formula is C21H16N2OS. The third-order valence-corrected chi connectivity index (χ3v) is 4.75. The molecule has 0 aliphatic carbocycles. The summed E-state index contributed by atoms with van der Waals surface area (Å²) in [6.45, 7) is 0. The highest BCUT2D eigenvalue weighted by molar-refractivity contribution is 8.00. The maximum Gasteiger partial charge on any atom is 0.141 e. The van der Waals surface area contributed by atoms with E-state index in [0.717, 1.165) is 10.3 Å². The molecule has 1 heterocycles. The van der Waals surface area contributed by atoms with Crippen molar-refractivity contribution < 1.29 is 5.11 Å². The smallest absolute Gasteiger partial charge is 0.141 e. The first-order valence-corrected chi connectivity index (χ1v) is 8.78. The number of hydrogen-bond donors (Lipinski definition) is 2. The zero-order valence-corrected chi connectivity index (χ0v) is 14.2. The molecule has 1 aromatic heterocycles. The van der Waals surface area contributed by atoms with E-state index in [1.54, 1.807) is 6.07 Å². The quantitative estimate of drug-likeness (QED) is 0.464. The van der Waals surface area contributed by atoms with Crippen molar-refractivity contribution in [3.8, 4) is 16.9 Å². The lowest BCUT2D eigenvalue weighted by atomic mass is 10.1. The largest absolute Gasteiger partial charge is 0.506 e. The molecule has 2 N–H and O–H groups in total. The van der Waals surface area contributed by atoms with Crippen molar-refractivity contribution in [2.75, 3.05) is 4.72 Å².